The van der Waals surface area contributed by atoms with Gasteiger partial charge in [0, 0.05) is 16.8 Å². The van der Waals surface area contributed by atoms with Crippen LogP contribution in [0.3, 0.4) is 0 Å². The van der Waals surface area contributed by atoms with Gasteiger partial charge < -0.3 is 9.73 Å². The minimum atomic E-state index is -0.107. The van der Waals surface area contributed by atoms with Crippen LogP contribution in [0.1, 0.15) is 0 Å². The number of furan rings is 1. The third-order valence-electron chi connectivity index (χ3n) is 4.68. The number of hydrogen-bond donors (Lipinski definition) is 1. The largest absolute Gasteiger partial charge is 0.453 e. The van der Waals surface area contributed by atoms with Gasteiger partial charge in [0.25, 0.3) is 0 Å². The first-order valence-electron chi connectivity index (χ1n) is 9.75. The van der Waals surface area contributed by atoms with Gasteiger partial charge >= 0.3 is 0 Å². The number of thioether (sulfide) groups is 1. The molecule has 0 spiro atoms. The zero-order chi connectivity index (χ0) is 21.0. The van der Waals surface area contributed by atoms with E-state index in [-0.39, 0.29) is 11.7 Å². The van der Waals surface area contributed by atoms with E-state index in [9.17, 15) is 4.79 Å². The molecule has 5 aromatic rings. The van der Waals surface area contributed by atoms with Gasteiger partial charge in [-0.3, -0.25) is 9.36 Å². The zero-order valence-electron chi connectivity index (χ0n) is 16.4. The molecule has 0 saturated carbocycles. The summed E-state index contributed by atoms with van der Waals surface area (Å²) in [5, 5.41) is 13.2. The topological polar surface area (TPSA) is 73.0 Å². The van der Waals surface area contributed by atoms with E-state index in [1.54, 1.807) is 0 Å². The van der Waals surface area contributed by atoms with Crippen molar-refractivity contribution >= 4 is 34.3 Å². The Morgan fingerprint density at radius 3 is 2.39 bits per heavy atom. The number of benzene rings is 3. The van der Waals surface area contributed by atoms with Gasteiger partial charge in [-0.15, -0.1) is 10.2 Å². The Labute approximate surface area is 182 Å². The average Bonchev–Trinajstić information content (AvgIpc) is 3.43. The van der Waals surface area contributed by atoms with Crippen molar-refractivity contribution in [1.29, 1.82) is 0 Å². The summed E-state index contributed by atoms with van der Waals surface area (Å²) in [6, 6.07) is 29.0. The van der Waals surface area contributed by atoms with Crippen molar-refractivity contribution in [2.24, 2.45) is 0 Å². The summed E-state index contributed by atoms with van der Waals surface area (Å²) in [4.78, 5) is 12.4. The molecule has 1 amide bonds. The third kappa shape index (κ3) is 4.08. The fourth-order valence-electron chi connectivity index (χ4n) is 3.27. The van der Waals surface area contributed by atoms with E-state index in [2.05, 4.69) is 15.5 Å². The molecule has 1 N–H and O–H groups in total. The van der Waals surface area contributed by atoms with E-state index in [1.807, 2.05) is 95.6 Å². The van der Waals surface area contributed by atoms with Crippen LogP contribution in [0.2, 0.25) is 0 Å². The van der Waals surface area contributed by atoms with E-state index in [1.165, 1.54) is 11.8 Å². The summed E-state index contributed by atoms with van der Waals surface area (Å²) in [5.41, 5.74) is 2.45. The quantitative estimate of drug-likeness (QED) is 0.368. The number of carbonyl (C=O) groups is 1. The Kier molecular flexibility index (Phi) is 5.24. The summed E-state index contributed by atoms with van der Waals surface area (Å²) >= 11 is 1.33. The van der Waals surface area contributed by atoms with Gasteiger partial charge in [0.1, 0.15) is 5.58 Å². The highest BCUT2D eigenvalue weighted by Crippen LogP contribution is 2.31. The van der Waals surface area contributed by atoms with E-state index in [0.717, 1.165) is 22.3 Å². The molecule has 6 nitrogen and oxygen atoms in total. The van der Waals surface area contributed by atoms with Crippen LogP contribution in [-0.4, -0.2) is 26.4 Å². The predicted octanol–water partition coefficient (Wildman–Crippen LogP) is 5.41. The summed E-state index contributed by atoms with van der Waals surface area (Å²) < 4.78 is 7.94. The highest BCUT2D eigenvalue weighted by Gasteiger charge is 2.20. The van der Waals surface area contributed by atoms with Crippen LogP contribution < -0.4 is 5.32 Å². The summed E-state index contributed by atoms with van der Waals surface area (Å²) in [5.74, 6) is 1.32. The van der Waals surface area contributed by atoms with Crippen molar-refractivity contribution in [2.75, 3.05) is 11.1 Å². The lowest BCUT2D eigenvalue weighted by atomic mass is 10.2. The molecule has 0 radical (unpaired) electrons. The molecular weight excluding hydrogens is 408 g/mol. The highest BCUT2D eigenvalue weighted by molar-refractivity contribution is 7.99. The van der Waals surface area contributed by atoms with Crippen molar-refractivity contribution in [3.63, 3.8) is 0 Å². The molecule has 0 unspecified atom stereocenters. The third-order valence-corrected chi connectivity index (χ3v) is 5.61. The van der Waals surface area contributed by atoms with Crippen molar-refractivity contribution in [3.05, 3.63) is 91.0 Å². The molecule has 31 heavy (non-hydrogen) atoms. The number of hydrogen-bond acceptors (Lipinski definition) is 5. The van der Waals surface area contributed by atoms with Gasteiger partial charge in [-0.05, 0) is 36.4 Å². The lowest BCUT2D eigenvalue weighted by Crippen LogP contribution is -2.14. The summed E-state index contributed by atoms with van der Waals surface area (Å²) in [6.45, 7) is 0. The second-order valence-electron chi connectivity index (χ2n) is 6.83. The number of nitrogens with zero attached hydrogens (tertiary/aromatic N) is 3. The van der Waals surface area contributed by atoms with Crippen LogP contribution in [0.15, 0.2) is 101 Å². The van der Waals surface area contributed by atoms with Gasteiger partial charge in [0.2, 0.25) is 11.7 Å². The van der Waals surface area contributed by atoms with Gasteiger partial charge in [-0.2, -0.15) is 0 Å². The number of amides is 1. The number of aromatic nitrogens is 3. The molecule has 0 aliphatic carbocycles. The maximum atomic E-state index is 12.4. The Balaban J connectivity index is 1.45. The maximum Gasteiger partial charge on any atom is 0.234 e. The van der Waals surface area contributed by atoms with E-state index >= 15 is 0 Å². The first-order valence-corrected chi connectivity index (χ1v) is 10.7. The summed E-state index contributed by atoms with van der Waals surface area (Å²) in [7, 11) is 0. The molecule has 7 heteroatoms. The smallest absolute Gasteiger partial charge is 0.234 e. The highest BCUT2D eigenvalue weighted by atomic mass is 32.2. The van der Waals surface area contributed by atoms with Crippen LogP contribution in [0.5, 0.6) is 0 Å². The Morgan fingerprint density at radius 2 is 1.61 bits per heavy atom. The predicted molar refractivity (Wildman–Crippen MR) is 122 cm³/mol. The zero-order valence-corrected chi connectivity index (χ0v) is 17.3. The van der Waals surface area contributed by atoms with Crippen molar-refractivity contribution < 1.29 is 9.21 Å². The Morgan fingerprint density at radius 1 is 0.903 bits per heavy atom. The van der Waals surface area contributed by atoms with E-state index in [0.29, 0.717) is 16.7 Å². The number of rotatable bonds is 6. The van der Waals surface area contributed by atoms with Crippen LogP contribution >= 0.6 is 11.8 Å². The molecule has 152 valence electrons. The molecule has 0 fully saturated rings. The normalized spacial score (nSPS) is 11.0. The first-order chi connectivity index (χ1) is 15.3. The van der Waals surface area contributed by atoms with Crippen molar-refractivity contribution in [3.8, 4) is 17.3 Å². The average molecular weight is 427 g/mol. The molecule has 0 atom stereocenters. The monoisotopic (exact) mass is 426 g/mol. The molecule has 0 aliphatic rings. The van der Waals surface area contributed by atoms with Crippen molar-refractivity contribution in [2.45, 2.75) is 5.16 Å². The Bertz CT molecular complexity index is 1300. The standard InChI is InChI=1S/C24H18N4O2S/c29-22(25-18-10-3-1-4-11-18)16-31-24-27-26-23(28(24)19-12-5-2-6-13-19)21-15-17-9-7-8-14-20(17)30-21/h1-15H,16H2,(H,25,29). The maximum absolute atomic E-state index is 12.4. The van der Waals surface area contributed by atoms with E-state index in [4.69, 9.17) is 4.42 Å². The van der Waals surface area contributed by atoms with Crippen LogP contribution in [0, 0.1) is 0 Å². The number of para-hydroxylation sites is 3. The van der Waals surface area contributed by atoms with Gasteiger partial charge in [-0.1, -0.05) is 66.4 Å². The fourth-order valence-corrected chi connectivity index (χ4v) is 4.03. The molecule has 0 aliphatic heterocycles. The molecule has 2 aromatic heterocycles. The molecule has 3 aromatic carbocycles. The van der Waals surface area contributed by atoms with Crippen LogP contribution in [-0.2, 0) is 4.79 Å². The number of fused-ring (bicyclic) bond motifs is 1. The molecule has 2 heterocycles. The van der Waals surface area contributed by atoms with Gasteiger partial charge in [0.15, 0.2) is 10.9 Å². The minimum Gasteiger partial charge on any atom is -0.453 e. The summed E-state index contributed by atoms with van der Waals surface area (Å²) in [6.07, 6.45) is 0. The number of anilines is 1. The van der Waals surface area contributed by atoms with Gasteiger partial charge in [0.05, 0.1) is 5.75 Å². The number of nitrogens with one attached hydrogen (secondary N) is 1. The second kappa shape index (κ2) is 8.49. The fraction of sp³-hybridized carbons (Fsp3) is 0.0417. The molecule has 5 rings (SSSR count). The lowest BCUT2D eigenvalue weighted by molar-refractivity contribution is -0.113. The number of carbonyl (C=O) groups excluding carboxylic acids is 1. The molecule has 0 bridgehead atoms. The second-order valence-corrected chi connectivity index (χ2v) is 7.77. The SMILES string of the molecule is O=C(CSc1nnc(-c2cc3ccccc3o2)n1-c1ccccc1)Nc1ccccc1. The van der Waals surface area contributed by atoms with Gasteiger partial charge in [-0.25, -0.2) is 0 Å². The Hall–Kier alpha value is -3.84. The molecular formula is C24H18N4O2S. The van der Waals surface area contributed by atoms with E-state index < -0.39 is 0 Å². The lowest BCUT2D eigenvalue weighted by Gasteiger charge is -2.09. The first kappa shape index (κ1) is 19.1. The molecule has 0 saturated heterocycles. The van der Waals surface area contributed by atoms with Crippen LogP contribution in [0.25, 0.3) is 28.2 Å². The minimum absolute atomic E-state index is 0.107. The van der Waals surface area contributed by atoms with Crippen molar-refractivity contribution in [1.82, 2.24) is 14.8 Å². The van der Waals surface area contributed by atoms with Crippen LogP contribution in [0.4, 0.5) is 5.69 Å².